The molecule has 1 amide bonds. The van der Waals surface area contributed by atoms with Gasteiger partial charge in [0.15, 0.2) is 0 Å². The van der Waals surface area contributed by atoms with Gasteiger partial charge in [-0.3, -0.25) is 4.79 Å². The number of nitrogens with zero attached hydrogens (tertiary/aromatic N) is 1. The van der Waals surface area contributed by atoms with E-state index in [1.54, 1.807) is 17.8 Å². The summed E-state index contributed by atoms with van der Waals surface area (Å²) in [5.74, 6) is 0.497. The van der Waals surface area contributed by atoms with E-state index in [-0.39, 0.29) is 22.8 Å². The van der Waals surface area contributed by atoms with Gasteiger partial charge in [-0.2, -0.15) is 5.26 Å². The first-order valence-electron chi connectivity index (χ1n) is 6.16. The van der Waals surface area contributed by atoms with E-state index in [1.165, 1.54) is 12.1 Å². The first kappa shape index (κ1) is 13.9. The second kappa shape index (κ2) is 5.62. The number of benzene rings is 1. The van der Waals surface area contributed by atoms with E-state index < -0.39 is 5.82 Å². The number of hydrogen-bond donors (Lipinski definition) is 1. The predicted octanol–water partition coefficient (Wildman–Crippen LogP) is 2.60. The Morgan fingerprint density at radius 2 is 2.42 bits per heavy atom. The second-order valence-corrected chi connectivity index (χ2v) is 6.38. The molecule has 1 saturated heterocycles. The number of hydrogen-bond acceptors (Lipinski definition) is 3. The first-order valence-corrected chi connectivity index (χ1v) is 7.14. The van der Waals surface area contributed by atoms with Crippen molar-refractivity contribution in [1.29, 1.82) is 5.26 Å². The van der Waals surface area contributed by atoms with E-state index >= 15 is 0 Å². The van der Waals surface area contributed by atoms with E-state index in [9.17, 15) is 9.18 Å². The van der Waals surface area contributed by atoms with Crippen molar-refractivity contribution in [1.82, 2.24) is 5.32 Å². The van der Waals surface area contributed by atoms with Crippen molar-refractivity contribution in [2.75, 3.05) is 5.75 Å². The van der Waals surface area contributed by atoms with Crippen LogP contribution in [-0.2, 0) is 11.3 Å². The number of halogens is 1. The highest BCUT2D eigenvalue weighted by atomic mass is 32.2. The highest BCUT2D eigenvalue weighted by Crippen LogP contribution is 2.37. The lowest BCUT2D eigenvalue weighted by Crippen LogP contribution is -2.40. The van der Waals surface area contributed by atoms with Crippen LogP contribution in [0.3, 0.4) is 0 Å². The SMILES string of the molecule is CC1(C(=O)NCc2ccc(C#N)cc2F)CCCS1. The number of carbonyl (C=O) groups excluding carboxylic acids is 1. The predicted molar refractivity (Wildman–Crippen MR) is 73.1 cm³/mol. The average molecular weight is 278 g/mol. The van der Waals surface area contributed by atoms with Gasteiger partial charge < -0.3 is 5.32 Å². The van der Waals surface area contributed by atoms with Crippen LogP contribution in [0.1, 0.15) is 30.9 Å². The van der Waals surface area contributed by atoms with Crippen LogP contribution >= 0.6 is 11.8 Å². The topological polar surface area (TPSA) is 52.9 Å². The largest absolute Gasteiger partial charge is 0.351 e. The van der Waals surface area contributed by atoms with Gasteiger partial charge in [-0.1, -0.05) is 6.07 Å². The van der Waals surface area contributed by atoms with Gasteiger partial charge in [-0.25, -0.2) is 4.39 Å². The Bertz CT molecular complexity index is 533. The van der Waals surface area contributed by atoms with Crippen molar-refractivity contribution in [2.45, 2.75) is 31.1 Å². The minimum Gasteiger partial charge on any atom is -0.351 e. The van der Waals surface area contributed by atoms with Crippen molar-refractivity contribution >= 4 is 17.7 Å². The maximum Gasteiger partial charge on any atom is 0.236 e. The molecule has 0 spiro atoms. The zero-order valence-corrected chi connectivity index (χ0v) is 11.5. The van der Waals surface area contributed by atoms with Crippen molar-refractivity contribution in [3.05, 3.63) is 35.1 Å². The maximum atomic E-state index is 13.7. The van der Waals surface area contributed by atoms with E-state index in [2.05, 4.69) is 5.32 Å². The number of nitriles is 1. The summed E-state index contributed by atoms with van der Waals surface area (Å²) >= 11 is 1.65. The molecule has 0 saturated carbocycles. The van der Waals surface area contributed by atoms with E-state index in [1.807, 2.05) is 13.0 Å². The quantitative estimate of drug-likeness (QED) is 0.924. The van der Waals surface area contributed by atoms with Crippen LogP contribution in [0.2, 0.25) is 0 Å². The molecule has 0 radical (unpaired) electrons. The molecule has 1 atom stereocenters. The lowest BCUT2D eigenvalue weighted by molar-refractivity contribution is -0.123. The number of amides is 1. The van der Waals surface area contributed by atoms with E-state index in [0.29, 0.717) is 5.56 Å². The van der Waals surface area contributed by atoms with Gasteiger partial charge >= 0.3 is 0 Å². The lowest BCUT2D eigenvalue weighted by Gasteiger charge is -2.21. The van der Waals surface area contributed by atoms with Gasteiger partial charge in [-0.05, 0) is 37.7 Å². The molecule has 1 fully saturated rings. The molecule has 1 heterocycles. The summed E-state index contributed by atoms with van der Waals surface area (Å²) in [7, 11) is 0. The van der Waals surface area contributed by atoms with Crippen LogP contribution in [0.5, 0.6) is 0 Å². The fourth-order valence-electron chi connectivity index (χ4n) is 2.08. The van der Waals surface area contributed by atoms with Gasteiger partial charge in [0.1, 0.15) is 5.82 Å². The number of rotatable bonds is 3. The Morgan fingerprint density at radius 3 is 3.00 bits per heavy atom. The van der Waals surface area contributed by atoms with Crippen molar-refractivity contribution in [3.63, 3.8) is 0 Å². The third kappa shape index (κ3) is 3.07. The van der Waals surface area contributed by atoms with E-state index in [4.69, 9.17) is 5.26 Å². The molecule has 0 aromatic heterocycles. The van der Waals surface area contributed by atoms with Crippen molar-refractivity contribution in [2.24, 2.45) is 0 Å². The summed E-state index contributed by atoms with van der Waals surface area (Å²) < 4.78 is 13.3. The molecule has 5 heteroatoms. The van der Waals surface area contributed by atoms with Crippen LogP contribution in [0.25, 0.3) is 0 Å². The zero-order valence-electron chi connectivity index (χ0n) is 10.7. The Kier molecular flexibility index (Phi) is 4.11. The fourth-order valence-corrected chi connectivity index (χ4v) is 3.31. The Balaban J connectivity index is 1.99. The van der Waals surface area contributed by atoms with Crippen LogP contribution in [0.15, 0.2) is 18.2 Å². The number of carbonyl (C=O) groups is 1. The lowest BCUT2D eigenvalue weighted by atomic mass is 10.0. The standard InChI is InChI=1S/C14H15FN2OS/c1-14(5-2-6-19-14)13(18)17-9-11-4-3-10(8-16)7-12(11)15/h3-4,7H,2,5-6,9H2,1H3,(H,17,18). The average Bonchev–Trinajstić information content (AvgIpc) is 2.85. The molecular formula is C14H15FN2OS. The fraction of sp³-hybridized carbons (Fsp3) is 0.429. The number of nitrogens with one attached hydrogen (secondary N) is 1. The van der Waals surface area contributed by atoms with Gasteiger partial charge in [0.05, 0.1) is 16.4 Å². The molecule has 1 N–H and O–H groups in total. The smallest absolute Gasteiger partial charge is 0.236 e. The zero-order chi connectivity index (χ0) is 13.9. The van der Waals surface area contributed by atoms with E-state index in [0.717, 1.165) is 18.6 Å². The molecule has 19 heavy (non-hydrogen) atoms. The van der Waals surface area contributed by atoms with Crippen molar-refractivity contribution in [3.8, 4) is 6.07 Å². The summed E-state index contributed by atoms with van der Waals surface area (Å²) in [6.07, 6.45) is 1.90. The van der Waals surface area contributed by atoms with Crippen LogP contribution in [0.4, 0.5) is 4.39 Å². The van der Waals surface area contributed by atoms with Crippen molar-refractivity contribution < 1.29 is 9.18 Å². The second-order valence-electron chi connectivity index (χ2n) is 4.78. The summed E-state index contributed by atoms with van der Waals surface area (Å²) in [4.78, 5) is 12.1. The third-order valence-electron chi connectivity index (χ3n) is 3.32. The minimum atomic E-state index is -0.455. The first-order chi connectivity index (χ1) is 9.05. The molecule has 1 aliphatic heterocycles. The summed E-state index contributed by atoms with van der Waals surface area (Å²) in [6, 6.07) is 6.16. The normalized spacial score (nSPS) is 21.9. The molecule has 0 bridgehead atoms. The summed E-state index contributed by atoms with van der Waals surface area (Å²) in [6.45, 7) is 2.08. The molecule has 100 valence electrons. The molecule has 1 aromatic carbocycles. The molecule has 1 aliphatic rings. The van der Waals surface area contributed by atoms with Gasteiger partial charge in [0.2, 0.25) is 5.91 Å². The highest BCUT2D eigenvalue weighted by Gasteiger charge is 2.36. The Morgan fingerprint density at radius 1 is 1.63 bits per heavy atom. The third-order valence-corrected chi connectivity index (χ3v) is 4.84. The molecular weight excluding hydrogens is 263 g/mol. The molecule has 2 rings (SSSR count). The van der Waals surface area contributed by atoms with Gasteiger partial charge in [-0.15, -0.1) is 11.8 Å². The highest BCUT2D eigenvalue weighted by molar-refractivity contribution is 8.01. The van der Waals surface area contributed by atoms with Gasteiger partial charge in [0, 0.05) is 12.1 Å². The van der Waals surface area contributed by atoms with Crippen LogP contribution in [-0.4, -0.2) is 16.4 Å². The summed E-state index contributed by atoms with van der Waals surface area (Å²) in [5, 5.41) is 11.4. The summed E-state index contributed by atoms with van der Waals surface area (Å²) in [5.41, 5.74) is 0.685. The van der Waals surface area contributed by atoms with Crippen LogP contribution < -0.4 is 5.32 Å². The van der Waals surface area contributed by atoms with Crippen LogP contribution in [0, 0.1) is 17.1 Å². The molecule has 3 nitrogen and oxygen atoms in total. The monoisotopic (exact) mass is 278 g/mol. The Labute approximate surface area is 116 Å². The molecule has 1 aromatic rings. The Hall–Kier alpha value is -1.54. The minimum absolute atomic E-state index is 0.0428. The molecule has 0 aliphatic carbocycles. The molecule has 1 unspecified atom stereocenters. The number of thioether (sulfide) groups is 1. The van der Waals surface area contributed by atoms with Gasteiger partial charge in [0.25, 0.3) is 0 Å². The maximum absolute atomic E-state index is 13.7.